The number of esters is 1. The lowest BCUT2D eigenvalue weighted by Gasteiger charge is -2.21. The van der Waals surface area contributed by atoms with Gasteiger partial charge in [0.25, 0.3) is 5.91 Å². The summed E-state index contributed by atoms with van der Waals surface area (Å²) in [6, 6.07) is 10.0. The number of ether oxygens (including phenoxy) is 1. The number of carbonyl (C=O) groups excluding carboxylic acids is 3. The third-order valence-electron chi connectivity index (χ3n) is 4.78. The molecule has 0 atom stereocenters. The van der Waals surface area contributed by atoms with Crippen LogP contribution in [0.5, 0.6) is 0 Å². The zero-order valence-electron chi connectivity index (χ0n) is 15.1. The van der Waals surface area contributed by atoms with Crippen molar-refractivity contribution in [1.29, 1.82) is 0 Å². The third-order valence-corrected chi connectivity index (χ3v) is 5.65. The molecule has 142 valence electrons. The second-order valence-corrected chi connectivity index (χ2v) is 7.68. The first-order valence-electron chi connectivity index (χ1n) is 9.26. The number of hydrogen-bond acceptors (Lipinski definition) is 5. The van der Waals surface area contributed by atoms with Gasteiger partial charge in [-0.15, -0.1) is 11.3 Å². The minimum absolute atomic E-state index is 0.177. The average Bonchev–Trinajstić information content (AvgIpc) is 3.25. The molecule has 0 saturated heterocycles. The normalized spacial score (nSPS) is 14.5. The highest BCUT2D eigenvalue weighted by Crippen LogP contribution is 2.22. The van der Waals surface area contributed by atoms with E-state index in [1.165, 1.54) is 30.6 Å². The average molecular weight is 385 g/mol. The van der Waals surface area contributed by atoms with E-state index in [-0.39, 0.29) is 29.4 Å². The zero-order valence-corrected chi connectivity index (χ0v) is 15.9. The fraction of sp³-hybridized carbons (Fsp3) is 0.381. The Balaban J connectivity index is 1.55. The largest absolute Gasteiger partial charge is 0.452 e. The van der Waals surface area contributed by atoms with Crippen molar-refractivity contribution >= 4 is 29.0 Å². The summed E-state index contributed by atoms with van der Waals surface area (Å²) in [5.41, 5.74) is 0.462. The molecule has 27 heavy (non-hydrogen) atoms. The first-order chi connectivity index (χ1) is 13.1. The van der Waals surface area contributed by atoms with E-state index < -0.39 is 5.97 Å². The maximum Gasteiger partial charge on any atom is 0.339 e. The number of nitrogens with one attached hydrogen (secondary N) is 1. The Bertz CT molecular complexity index is 794. The molecule has 0 aliphatic heterocycles. The predicted octanol–water partition coefficient (Wildman–Crippen LogP) is 3.83. The van der Waals surface area contributed by atoms with Crippen molar-refractivity contribution in [3.05, 3.63) is 57.8 Å². The maximum atomic E-state index is 12.6. The SMILES string of the molecule is O=C(COC(=O)c1ccccc1C(=O)c1cccs1)NCC1CCCCC1. The number of amides is 1. The lowest BCUT2D eigenvalue weighted by molar-refractivity contribution is -0.124. The summed E-state index contributed by atoms with van der Waals surface area (Å²) in [7, 11) is 0. The highest BCUT2D eigenvalue weighted by Gasteiger charge is 2.21. The van der Waals surface area contributed by atoms with Gasteiger partial charge in [-0.25, -0.2) is 4.79 Å². The van der Waals surface area contributed by atoms with Gasteiger partial charge in [0.15, 0.2) is 6.61 Å². The Labute approximate surface area is 162 Å². The van der Waals surface area contributed by atoms with E-state index in [1.807, 2.05) is 5.38 Å². The summed E-state index contributed by atoms with van der Waals surface area (Å²) >= 11 is 1.32. The Morgan fingerprint density at radius 3 is 2.44 bits per heavy atom. The van der Waals surface area contributed by atoms with Crippen molar-refractivity contribution in [3.8, 4) is 0 Å². The van der Waals surface area contributed by atoms with Crippen molar-refractivity contribution in [2.24, 2.45) is 5.92 Å². The topological polar surface area (TPSA) is 72.5 Å². The molecule has 6 heteroatoms. The lowest BCUT2D eigenvalue weighted by atomic mass is 9.89. The van der Waals surface area contributed by atoms with Crippen LogP contribution in [0.1, 0.15) is 57.7 Å². The van der Waals surface area contributed by atoms with Gasteiger partial charge < -0.3 is 10.1 Å². The van der Waals surface area contributed by atoms with Crippen LogP contribution in [0.2, 0.25) is 0 Å². The van der Waals surface area contributed by atoms with E-state index in [9.17, 15) is 14.4 Å². The molecule has 1 aliphatic rings. The van der Waals surface area contributed by atoms with Gasteiger partial charge in [0.2, 0.25) is 5.78 Å². The van der Waals surface area contributed by atoms with Crippen LogP contribution in [0.3, 0.4) is 0 Å². The summed E-state index contributed by atoms with van der Waals surface area (Å²) < 4.78 is 5.14. The van der Waals surface area contributed by atoms with Crippen LogP contribution in [0.15, 0.2) is 41.8 Å². The molecule has 2 aromatic rings. The monoisotopic (exact) mass is 385 g/mol. The molecule has 0 unspecified atom stereocenters. The zero-order chi connectivity index (χ0) is 19.1. The number of hydrogen-bond donors (Lipinski definition) is 1. The minimum atomic E-state index is -0.664. The fourth-order valence-electron chi connectivity index (χ4n) is 3.31. The molecule has 3 rings (SSSR count). The van der Waals surface area contributed by atoms with Crippen LogP contribution >= 0.6 is 11.3 Å². The van der Waals surface area contributed by atoms with Crippen LogP contribution in [-0.2, 0) is 9.53 Å². The number of carbonyl (C=O) groups is 3. The molecule has 5 nitrogen and oxygen atoms in total. The van der Waals surface area contributed by atoms with Crippen LogP contribution < -0.4 is 5.32 Å². The van der Waals surface area contributed by atoms with Crippen molar-refractivity contribution < 1.29 is 19.1 Å². The van der Waals surface area contributed by atoms with Crippen LogP contribution in [-0.4, -0.2) is 30.8 Å². The number of ketones is 1. The Morgan fingerprint density at radius 1 is 1.00 bits per heavy atom. The molecule has 0 spiro atoms. The summed E-state index contributed by atoms with van der Waals surface area (Å²) in [4.78, 5) is 37.5. The van der Waals surface area contributed by atoms with Crippen molar-refractivity contribution in [1.82, 2.24) is 5.32 Å². The number of benzene rings is 1. The number of thiophene rings is 1. The molecule has 0 radical (unpaired) electrons. The van der Waals surface area contributed by atoms with Gasteiger partial charge >= 0.3 is 5.97 Å². The first kappa shape index (κ1) is 19.3. The van der Waals surface area contributed by atoms with E-state index >= 15 is 0 Å². The molecule has 1 amide bonds. The van der Waals surface area contributed by atoms with Gasteiger partial charge in [0.1, 0.15) is 0 Å². The molecule has 1 N–H and O–H groups in total. The molecule has 1 heterocycles. The summed E-state index contributed by atoms with van der Waals surface area (Å²) in [5, 5.41) is 4.65. The summed E-state index contributed by atoms with van der Waals surface area (Å²) in [6.45, 7) is 0.289. The lowest BCUT2D eigenvalue weighted by Crippen LogP contribution is -2.33. The van der Waals surface area contributed by atoms with E-state index in [2.05, 4.69) is 5.32 Å². The first-order valence-corrected chi connectivity index (χ1v) is 10.1. The van der Waals surface area contributed by atoms with Crippen molar-refractivity contribution in [2.75, 3.05) is 13.2 Å². The molecule has 1 aromatic heterocycles. The van der Waals surface area contributed by atoms with E-state index in [4.69, 9.17) is 4.74 Å². The van der Waals surface area contributed by atoms with Gasteiger partial charge in [-0.2, -0.15) is 0 Å². The summed E-state index contributed by atoms with van der Waals surface area (Å²) in [5.74, 6) is -0.679. The second kappa shape index (κ2) is 9.46. The number of rotatable bonds is 7. The third kappa shape index (κ3) is 5.26. The molecular weight excluding hydrogens is 362 g/mol. The molecule has 1 aromatic carbocycles. The fourth-order valence-corrected chi connectivity index (χ4v) is 3.99. The Hall–Kier alpha value is -2.47. The van der Waals surface area contributed by atoms with Crippen molar-refractivity contribution in [2.45, 2.75) is 32.1 Å². The van der Waals surface area contributed by atoms with Gasteiger partial charge in [0, 0.05) is 12.1 Å². The summed E-state index contributed by atoms with van der Waals surface area (Å²) in [6.07, 6.45) is 5.97. The smallest absolute Gasteiger partial charge is 0.339 e. The van der Waals surface area contributed by atoms with Crippen molar-refractivity contribution in [3.63, 3.8) is 0 Å². The highest BCUT2D eigenvalue weighted by atomic mass is 32.1. The molecular formula is C21H23NO4S. The standard InChI is InChI=1S/C21H23NO4S/c23-19(22-13-15-7-2-1-3-8-15)14-26-21(25)17-10-5-4-9-16(17)20(24)18-11-6-12-27-18/h4-6,9-12,15H,1-3,7-8,13-14H2,(H,22,23). The molecule has 1 fully saturated rings. The minimum Gasteiger partial charge on any atom is -0.452 e. The van der Waals surface area contributed by atoms with Gasteiger partial charge in [-0.3, -0.25) is 9.59 Å². The van der Waals surface area contributed by atoms with Crippen LogP contribution in [0.25, 0.3) is 0 Å². The molecule has 0 bridgehead atoms. The molecule has 1 aliphatic carbocycles. The maximum absolute atomic E-state index is 12.6. The van der Waals surface area contributed by atoms with Gasteiger partial charge in [-0.1, -0.05) is 43.5 Å². The van der Waals surface area contributed by atoms with Gasteiger partial charge in [-0.05, 0) is 36.3 Å². The van der Waals surface area contributed by atoms with Crippen LogP contribution in [0, 0.1) is 5.92 Å². The Kier molecular flexibility index (Phi) is 6.76. The van der Waals surface area contributed by atoms with Gasteiger partial charge in [0.05, 0.1) is 10.4 Å². The quantitative estimate of drug-likeness (QED) is 0.581. The highest BCUT2D eigenvalue weighted by molar-refractivity contribution is 7.12. The van der Waals surface area contributed by atoms with E-state index in [0.717, 1.165) is 12.8 Å². The second-order valence-electron chi connectivity index (χ2n) is 6.74. The Morgan fingerprint density at radius 2 is 1.74 bits per heavy atom. The van der Waals surface area contributed by atoms with E-state index in [0.29, 0.717) is 17.3 Å². The van der Waals surface area contributed by atoms with E-state index in [1.54, 1.807) is 36.4 Å². The predicted molar refractivity (Wildman–Crippen MR) is 104 cm³/mol. The van der Waals surface area contributed by atoms with Crippen LogP contribution in [0.4, 0.5) is 0 Å². The molecule has 1 saturated carbocycles.